The first-order valence-electron chi connectivity index (χ1n) is 2.39. The number of nitrogens with one attached hydrogen (secondary N) is 3. The molecule has 72 valence electrons. The molecule has 0 aliphatic carbocycles. The predicted molar refractivity (Wildman–Crippen MR) is 45.9 cm³/mol. The topological polar surface area (TPSA) is 179 Å². The molecule has 0 fully saturated rings. The number of hydrogen-bond donors (Lipinski definition) is 7. The molecule has 9 nitrogen and oxygen atoms in total. The Morgan fingerprint density at radius 3 is 1.54 bits per heavy atom. The molecule has 0 aliphatic rings. The van der Waals surface area contributed by atoms with Crippen molar-refractivity contribution < 1.29 is 20.0 Å². The summed E-state index contributed by atoms with van der Waals surface area (Å²) in [5.41, 5.74) is 9.49. The van der Waals surface area contributed by atoms with Gasteiger partial charge in [-0.1, -0.05) is 0 Å². The molecule has 0 spiro atoms. The molecule has 0 aromatic heterocycles. The third-order valence-corrected chi connectivity index (χ3v) is 0.347. The molecule has 0 aromatic rings. The Morgan fingerprint density at radius 2 is 1.54 bits per heavy atom. The monoisotopic (exact) mass is 203 g/mol. The molecule has 0 bridgehead atoms. The first-order valence-corrected chi connectivity index (χ1v) is 2.39. The number of nitrogens with two attached hydrogens (primary N) is 2. The summed E-state index contributed by atoms with van der Waals surface area (Å²) in [5.74, 6) is -0.625. The molecule has 10 heteroatoms. The van der Waals surface area contributed by atoms with Crippen molar-refractivity contribution in [1.82, 2.24) is 5.32 Å². The molecule has 0 unspecified atom stereocenters. The number of rotatable bonds is 0. The maximum absolute atomic E-state index is 8.90. The van der Waals surface area contributed by atoms with Crippen molar-refractivity contribution in [3.63, 3.8) is 0 Å². The SMILES string of the molecule is N=C(N)NC(=N)N.O=C(O)OO.[NaH]. The average molecular weight is 203 g/mol. The molecule has 0 saturated carbocycles. The van der Waals surface area contributed by atoms with Crippen LogP contribution in [0.25, 0.3) is 0 Å². The second kappa shape index (κ2) is 11.0. The maximum atomic E-state index is 8.90. The van der Waals surface area contributed by atoms with Gasteiger partial charge in [0.2, 0.25) is 0 Å². The Bertz CT molecular complexity index is 173. The van der Waals surface area contributed by atoms with E-state index in [1.54, 1.807) is 0 Å². The molecule has 0 rings (SSSR count). The first kappa shape index (κ1) is 17.9. The summed E-state index contributed by atoms with van der Waals surface area (Å²) in [6.45, 7) is 0. The van der Waals surface area contributed by atoms with Gasteiger partial charge in [0.25, 0.3) is 0 Å². The standard InChI is InChI=1S/C2H7N5.CH2O4.Na.H/c3-1(4)7-2(5)6;2-1(3)5-4;;/h(H7,3,4,5,6,7);4H,(H,2,3);;. The summed E-state index contributed by atoms with van der Waals surface area (Å²) in [6, 6.07) is 0. The predicted octanol–water partition coefficient (Wildman–Crippen LogP) is -2.13. The third kappa shape index (κ3) is 35.7. The zero-order valence-electron chi connectivity index (χ0n) is 5.87. The van der Waals surface area contributed by atoms with Crippen molar-refractivity contribution in [3.8, 4) is 0 Å². The minimum absolute atomic E-state index is 0. The average Bonchev–Trinajstić information content (AvgIpc) is 1.85. The van der Waals surface area contributed by atoms with Gasteiger partial charge in [-0.15, -0.1) is 0 Å². The molecule has 13 heavy (non-hydrogen) atoms. The second-order valence-corrected chi connectivity index (χ2v) is 1.31. The van der Waals surface area contributed by atoms with Crippen molar-refractivity contribution >= 4 is 47.6 Å². The molecule has 0 saturated heterocycles. The van der Waals surface area contributed by atoms with E-state index in [9.17, 15) is 0 Å². The van der Waals surface area contributed by atoms with Gasteiger partial charge in [0, 0.05) is 0 Å². The summed E-state index contributed by atoms with van der Waals surface area (Å²) in [7, 11) is 0. The Morgan fingerprint density at radius 1 is 1.31 bits per heavy atom. The summed E-state index contributed by atoms with van der Waals surface area (Å²) in [6.07, 6.45) is -1.69. The van der Waals surface area contributed by atoms with E-state index in [0.717, 1.165) is 0 Å². The van der Waals surface area contributed by atoms with Crippen molar-refractivity contribution in [2.45, 2.75) is 0 Å². The number of hydrogen-bond acceptors (Lipinski definition) is 5. The first-order chi connectivity index (χ1) is 5.40. The summed E-state index contributed by atoms with van der Waals surface area (Å²) in [4.78, 5) is 11.6. The van der Waals surface area contributed by atoms with Crippen molar-refractivity contribution in [1.29, 1.82) is 10.8 Å². The molecule has 0 heterocycles. The molecular weight excluding hydrogens is 193 g/mol. The molecule has 0 aliphatic heterocycles. The van der Waals surface area contributed by atoms with Crippen LogP contribution in [0.1, 0.15) is 0 Å². The van der Waals surface area contributed by atoms with Crippen LogP contribution in [0, 0.1) is 10.8 Å². The van der Waals surface area contributed by atoms with Crippen LogP contribution in [0.3, 0.4) is 0 Å². The fourth-order valence-electron chi connectivity index (χ4n) is 0.145. The van der Waals surface area contributed by atoms with E-state index in [2.05, 4.69) is 4.89 Å². The van der Waals surface area contributed by atoms with E-state index in [1.165, 1.54) is 0 Å². The third-order valence-electron chi connectivity index (χ3n) is 0.347. The van der Waals surface area contributed by atoms with Gasteiger partial charge in [-0.25, -0.2) is 4.79 Å². The van der Waals surface area contributed by atoms with Gasteiger partial charge in [0.15, 0.2) is 11.9 Å². The second-order valence-electron chi connectivity index (χ2n) is 1.31. The van der Waals surface area contributed by atoms with E-state index in [-0.39, 0.29) is 41.5 Å². The molecule has 0 amide bonds. The summed E-state index contributed by atoms with van der Waals surface area (Å²) >= 11 is 0. The normalized spacial score (nSPS) is 6.54. The van der Waals surface area contributed by atoms with Gasteiger partial charge in [0.05, 0.1) is 0 Å². The van der Waals surface area contributed by atoms with Crippen molar-refractivity contribution in [2.24, 2.45) is 11.5 Å². The van der Waals surface area contributed by atoms with Crippen LogP contribution < -0.4 is 16.8 Å². The van der Waals surface area contributed by atoms with Crippen LogP contribution in [0.4, 0.5) is 4.79 Å². The van der Waals surface area contributed by atoms with E-state index < -0.39 is 6.16 Å². The van der Waals surface area contributed by atoms with Crippen LogP contribution in [0.15, 0.2) is 0 Å². The molecule has 0 atom stereocenters. The van der Waals surface area contributed by atoms with Gasteiger partial charge < -0.3 is 16.6 Å². The fourth-order valence-corrected chi connectivity index (χ4v) is 0.145. The Kier molecular flexibility index (Phi) is 15.1. The Labute approximate surface area is 95.3 Å². The van der Waals surface area contributed by atoms with E-state index in [0.29, 0.717) is 0 Å². The Balaban J connectivity index is -0.000000150. The zero-order chi connectivity index (χ0) is 10.1. The van der Waals surface area contributed by atoms with Crippen LogP contribution >= 0.6 is 0 Å². The summed E-state index contributed by atoms with van der Waals surface area (Å²) in [5, 5.41) is 29.3. The molecule has 0 aromatic carbocycles. The number of carboxylic acid groups (broad SMARTS) is 1. The number of guanidine groups is 2. The van der Waals surface area contributed by atoms with Crippen LogP contribution in [0.2, 0.25) is 0 Å². The van der Waals surface area contributed by atoms with Crippen LogP contribution in [-0.2, 0) is 4.89 Å². The van der Waals surface area contributed by atoms with E-state index in [1.807, 2.05) is 5.32 Å². The van der Waals surface area contributed by atoms with Crippen LogP contribution in [0.5, 0.6) is 0 Å². The van der Waals surface area contributed by atoms with Gasteiger partial charge in [0.1, 0.15) is 0 Å². The minimum atomic E-state index is -1.69. The van der Waals surface area contributed by atoms with Gasteiger partial charge >= 0.3 is 35.7 Å². The van der Waals surface area contributed by atoms with E-state index in [4.69, 9.17) is 37.4 Å². The van der Waals surface area contributed by atoms with Gasteiger partial charge in [-0.2, -0.15) is 5.26 Å². The molecule has 9 N–H and O–H groups in total. The number of carbonyl (C=O) groups is 1. The molecule has 0 radical (unpaired) electrons. The van der Waals surface area contributed by atoms with E-state index >= 15 is 0 Å². The Hall–Kier alpha value is -1.03. The zero-order valence-corrected chi connectivity index (χ0v) is 5.87. The van der Waals surface area contributed by atoms with Crippen molar-refractivity contribution in [3.05, 3.63) is 0 Å². The van der Waals surface area contributed by atoms with Crippen LogP contribution in [-0.4, -0.2) is 58.0 Å². The van der Waals surface area contributed by atoms with Gasteiger partial charge in [-0.05, 0) is 0 Å². The fraction of sp³-hybridized carbons (Fsp3) is 0. The quantitative estimate of drug-likeness (QED) is 0.0771. The van der Waals surface area contributed by atoms with Crippen molar-refractivity contribution in [2.75, 3.05) is 0 Å². The molecular formula is C3H10N5NaO4. The summed E-state index contributed by atoms with van der Waals surface area (Å²) < 4.78 is 0. The van der Waals surface area contributed by atoms with Gasteiger partial charge in [-0.3, -0.25) is 21.0 Å².